The van der Waals surface area contributed by atoms with Gasteiger partial charge in [-0.05, 0) is 43.4 Å². The molecule has 0 aromatic carbocycles. The van der Waals surface area contributed by atoms with E-state index in [0.29, 0.717) is 17.9 Å². The fourth-order valence-corrected chi connectivity index (χ4v) is 3.40. The first kappa shape index (κ1) is 12.9. The van der Waals surface area contributed by atoms with Crippen molar-refractivity contribution in [2.75, 3.05) is 6.61 Å². The Bertz CT molecular complexity index is 311. The normalized spacial score (nSPS) is 34.0. The zero-order chi connectivity index (χ0) is 12.5. The van der Waals surface area contributed by atoms with Gasteiger partial charge in [0.15, 0.2) is 0 Å². The van der Waals surface area contributed by atoms with Crippen LogP contribution in [0, 0.1) is 28.1 Å². The molecule has 0 saturated heterocycles. The smallest absolute Gasteiger partial charge is 0.0628 e. The highest BCUT2D eigenvalue weighted by Gasteiger charge is 2.44. The van der Waals surface area contributed by atoms with Crippen molar-refractivity contribution in [1.29, 1.82) is 5.26 Å². The van der Waals surface area contributed by atoms with Gasteiger partial charge in [0.1, 0.15) is 0 Å². The van der Waals surface area contributed by atoms with E-state index in [1.807, 2.05) is 0 Å². The number of ether oxygens (including phenoxy) is 1. The number of rotatable bonds is 4. The van der Waals surface area contributed by atoms with Crippen LogP contribution in [0.5, 0.6) is 0 Å². The highest BCUT2D eigenvalue weighted by molar-refractivity contribution is 4.99. The van der Waals surface area contributed by atoms with Gasteiger partial charge in [0.05, 0.1) is 18.8 Å². The van der Waals surface area contributed by atoms with E-state index in [4.69, 9.17) is 10.00 Å². The molecular formula is C15H25NO. The van der Waals surface area contributed by atoms with Gasteiger partial charge in [-0.1, -0.05) is 20.8 Å². The predicted octanol–water partition coefficient (Wildman–Crippen LogP) is 3.91. The Kier molecular flexibility index (Phi) is 3.50. The summed E-state index contributed by atoms with van der Waals surface area (Å²) >= 11 is 0. The molecule has 0 heterocycles. The van der Waals surface area contributed by atoms with Gasteiger partial charge >= 0.3 is 0 Å². The van der Waals surface area contributed by atoms with E-state index in [9.17, 15) is 0 Å². The second-order valence-corrected chi connectivity index (χ2v) is 7.18. The van der Waals surface area contributed by atoms with E-state index in [-0.39, 0.29) is 5.41 Å². The maximum absolute atomic E-state index is 8.80. The van der Waals surface area contributed by atoms with Crippen molar-refractivity contribution < 1.29 is 4.74 Å². The van der Waals surface area contributed by atoms with Crippen LogP contribution in [0.4, 0.5) is 0 Å². The van der Waals surface area contributed by atoms with Gasteiger partial charge in [0, 0.05) is 11.8 Å². The highest BCUT2D eigenvalue weighted by atomic mass is 16.5. The Labute approximate surface area is 105 Å². The monoisotopic (exact) mass is 235 g/mol. The number of hydrogen-bond donors (Lipinski definition) is 0. The van der Waals surface area contributed by atoms with Crippen molar-refractivity contribution in [2.24, 2.45) is 16.7 Å². The zero-order valence-corrected chi connectivity index (χ0v) is 11.5. The van der Waals surface area contributed by atoms with Gasteiger partial charge in [0.2, 0.25) is 0 Å². The SMILES string of the molecule is CC1CC(OCC2(CC#N)CC2)CC(C)(C)C1. The van der Waals surface area contributed by atoms with Gasteiger partial charge in [-0.15, -0.1) is 0 Å². The predicted molar refractivity (Wildman–Crippen MR) is 68.4 cm³/mol. The summed E-state index contributed by atoms with van der Waals surface area (Å²) in [5.41, 5.74) is 0.661. The van der Waals surface area contributed by atoms with Crippen molar-refractivity contribution in [2.45, 2.75) is 65.4 Å². The Hall–Kier alpha value is -0.550. The topological polar surface area (TPSA) is 33.0 Å². The third-order valence-electron chi connectivity index (χ3n) is 4.38. The molecule has 0 aromatic rings. The van der Waals surface area contributed by atoms with Crippen LogP contribution in [0.15, 0.2) is 0 Å². The molecule has 2 heteroatoms. The van der Waals surface area contributed by atoms with Crippen LogP contribution < -0.4 is 0 Å². The lowest BCUT2D eigenvalue weighted by Gasteiger charge is -2.39. The fraction of sp³-hybridized carbons (Fsp3) is 0.933. The van der Waals surface area contributed by atoms with Crippen molar-refractivity contribution >= 4 is 0 Å². The summed E-state index contributed by atoms with van der Waals surface area (Å²) in [7, 11) is 0. The summed E-state index contributed by atoms with van der Waals surface area (Å²) in [6.07, 6.45) is 7.17. The molecule has 0 aliphatic heterocycles. The Morgan fingerprint density at radius 1 is 1.29 bits per heavy atom. The minimum atomic E-state index is 0.236. The molecule has 0 spiro atoms. The largest absolute Gasteiger partial charge is 0.378 e. The van der Waals surface area contributed by atoms with Gasteiger partial charge in [-0.2, -0.15) is 5.26 Å². The van der Waals surface area contributed by atoms with Crippen LogP contribution in [0.3, 0.4) is 0 Å². The Balaban J connectivity index is 1.81. The van der Waals surface area contributed by atoms with Crippen molar-refractivity contribution in [1.82, 2.24) is 0 Å². The number of nitrogens with zero attached hydrogens (tertiary/aromatic N) is 1. The van der Waals surface area contributed by atoms with Crippen LogP contribution in [0.2, 0.25) is 0 Å². The number of nitriles is 1. The molecule has 0 aromatic heterocycles. The van der Waals surface area contributed by atoms with Crippen molar-refractivity contribution in [3.05, 3.63) is 0 Å². The average molecular weight is 235 g/mol. The molecular weight excluding hydrogens is 210 g/mol. The molecule has 0 bridgehead atoms. The minimum Gasteiger partial charge on any atom is -0.378 e. The van der Waals surface area contributed by atoms with Crippen LogP contribution in [0.25, 0.3) is 0 Å². The molecule has 17 heavy (non-hydrogen) atoms. The maximum Gasteiger partial charge on any atom is 0.0628 e. The Morgan fingerprint density at radius 2 is 2.00 bits per heavy atom. The molecule has 0 radical (unpaired) electrons. The standard InChI is InChI=1S/C15H25NO/c1-12-8-13(10-14(2,3)9-12)17-11-15(4-5-15)6-7-16/h12-13H,4-6,8-11H2,1-3H3. The summed E-state index contributed by atoms with van der Waals surface area (Å²) < 4.78 is 6.12. The van der Waals surface area contributed by atoms with Crippen molar-refractivity contribution in [3.8, 4) is 6.07 Å². The third-order valence-corrected chi connectivity index (χ3v) is 4.38. The summed E-state index contributed by atoms with van der Waals surface area (Å²) in [4.78, 5) is 0. The van der Waals surface area contributed by atoms with Crippen LogP contribution in [-0.4, -0.2) is 12.7 Å². The molecule has 2 nitrogen and oxygen atoms in total. The summed E-state index contributed by atoms with van der Waals surface area (Å²) in [5.74, 6) is 0.773. The molecule has 0 amide bonds. The second kappa shape index (κ2) is 4.61. The fourth-order valence-electron chi connectivity index (χ4n) is 3.40. The van der Waals surface area contributed by atoms with E-state index >= 15 is 0 Å². The summed E-state index contributed by atoms with van der Waals surface area (Å²) in [6, 6.07) is 2.30. The zero-order valence-electron chi connectivity index (χ0n) is 11.5. The third kappa shape index (κ3) is 3.45. The van der Waals surface area contributed by atoms with Crippen LogP contribution in [-0.2, 0) is 4.74 Å². The maximum atomic E-state index is 8.80. The Morgan fingerprint density at radius 3 is 2.53 bits per heavy atom. The van der Waals surface area contributed by atoms with Crippen molar-refractivity contribution in [3.63, 3.8) is 0 Å². The van der Waals surface area contributed by atoms with E-state index in [2.05, 4.69) is 26.8 Å². The van der Waals surface area contributed by atoms with Gasteiger partial charge in [-0.25, -0.2) is 0 Å². The molecule has 2 atom stereocenters. The van der Waals surface area contributed by atoms with E-state index < -0.39 is 0 Å². The minimum absolute atomic E-state index is 0.236. The molecule has 2 rings (SSSR count). The molecule has 96 valence electrons. The lowest BCUT2D eigenvalue weighted by Crippen LogP contribution is -2.33. The first-order valence-corrected chi connectivity index (χ1v) is 6.93. The molecule has 2 fully saturated rings. The highest BCUT2D eigenvalue weighted by Crippen LogP contribution is 2.49. The van der Waals surface area contributed by atoms with Crippen LogP contribution >= 0.6 is 0 Å². The number of hydrogen-bond acceptors (Lipinski definition) is 2. The second-order valence-electron chi connectivity index (χ2n) is 7.18. The van der Waals surface area contributed by atoms with Gasteiger partial charge < -0.3 is 4.74 Å². The average Bonchev–Trinajstić information content (AvgIpc) is 2.93. The lowest BCUT2D eigenvalue weighted by atomic mass is 9.71. The first-order chi connectivity index (χ1) is 7.95. The van der Waals surface area contributed by atoms with Gasteiger partial charge in [0.25, 0.3) is 0 Å². The lowest BCUT2D eigenvalue weighted by molar-refractivity contribution is -0.0399. The summed E-state index contributed by atoms with van der Waals surface area (Å²) in [5, 5.41) is 8.80. The molecule has 2 aliphatic rings. The summed E-state index contributed by atoms with van der Waals surface area (Å²) in [6.45, 7) is 7.84. The first-order valence-electron chi connectivity index (χ1n) is 6.93. The van der Waals surface area contributed by atoms with E-state index in [1.54, 1.807) is 0 Å². The van der Waals surface area contributed by atoms with Gasteiger partial charge in [-0.3, -0.25) is 0 Å². The van der Waals surface area contributed by atoms with E-state index in [1.165, 1.54) is 32.1 Å². The molecule has 2 aliphatic carbocycles. The molecule has 2 unspecified atom stereocenters. The molecule has 2 saturated carbocycles. The quantitative estimate of drug-likeness (QED) is 0.740. The molecule has 0 N–H and O–H groups in total. The van der Waals surface area contributed by atoms with Crippen LogP contribution in [0.1, 0.15) is 59.3 Å². The van der Waals surface area contributed by atoms with E-state index in [0.717, 1.165) is 12.5 Å².